The van der Waals surface area contributed by atoms with Crippen molar-refractivity contribution in [1.29, 1.82) is 0 Å². The van der Waals surface area contributed by atoms with Crippen molar-refractivity contribution in [1.82, 2.24) is 4.90 Å². The number of likely N-dealkylation sites (tertiary alicyclic amines) is 1. The highest BCUT2D eigenvalue weighted by Gasteiger charge is 2.26. The van der Waals surface area contributed by atoms with Crippen LogP contribution in [0.4, 0.5) is 0 Å². The van der Waals surface area contributed by atoms with E-state index < -0.39 is 0 Å². The summed E-state index contributed by atoms with van der Waals surface area (Å²) >= 11 is 0. The zero-order chi connectivity index (χ0) is 12.1. The molecule has 2 aliphatic rings. The fourth-order valence-corrected chi connectivity index (χ4v) is 3.58. The van der Waals surface area contributed by atoms with Gasteiger partial charge in [-0.25, -0.2) is 0 Å². The Hall–Kier alpha value is -0.0800. The van der Waals surface area contributed by atoms with Gasteiger partial charge in [0.25, 0.3) is 0 Å². The monoisotopic (exact) mass is 239 g/mol. The predicted molar refractivity (Wildman–Crippen MR) is 72.0 cm³/mol. The molecule has 1 heterocycles. The van der Waals surface area contributed by atoms with Crippen LogP contribution in [0, 0.1) is 11.8 Å². The number of β-amino-alcohol motifs (C(OH)–C–C–N with tert-alkyl or cyclic N) is 1. The van der Waals surface area contributed by atoms with E-state index in [2.05, 4.69) is 11.8 Å². The van der Waals surface area contributed by atoms with Gasteiger partial charge in [-0.2, -0.15) is 0 Å². The number of hydrogen-bond acceptors (Lipinski definition) is 2. The molecule has 1 aliphatic heterocycles. The first-order chi connectivity index (χ1) is 8.29. The second-order valence-corrected chi connectivity index (χ2v) is 6.14. The second kappa shape index (κ2) is 6.75. The molecule has 0 spiro atoms. The van der Waals surface area contributed by atoms with Crippen LogP contribution < -0.4 is 0 Å². The summed E-state index contributed by atoms with van der Waals surface area (Å²) in [5.74, 6) is 1.47. The molecule has 1 aliphatic carbocycles. The van der Waals surface area contributed by atoms with Crippen molar-refractivity contribution >= 4 is 0 Å². The fourth-order valence-electron chi connectivity index (χ4n) is 3.58. The first-order valence-corrected chi connectivity index (χ1v) is 7.70. The van der Waals surface area contributed by atoms with Crippen molar-refractivity contribution in [3.05, 3.63) is 0 Å². The van der Waals surface area contributed by atoms with Gasteiger partial charge in [0.1, 0.15) is 0 Å². The Labute approximate surface area is 106 Å². The highest BCUT2D eigenvalue weighted by molar-refractivity contribution is 4.79. The van der Waals surface area contributed by atoms with Crippen LogP contribution >= 0.6 is 0 Å². The minimum absolute atomic E-state index is 0.0640. The zero-order valence-corrected chi connectivity index (χ0v) is 11.4. The Bertz CT molecular complexity index is 213. The van der Waals surface area contributed by atoms with Gasteiger partial charge in [-0.1, -0.05) is 32.6 Å². The molecule has 2 nitrogen and oxygen atoms in total. The van der Waals surface area contributed by atoms with Crippen molar-refractivity contribution in [3.63, 3.8) is 0 Å². The van der Waals surface area contributed by atoms with Gasteiger partial charge in [-0.15, -0.1) is 0 Å². The van der Waals surface area contributed by atoms with Crippen LogP contribution in [0.15, 0.2) is 0 Å². The average Bonchev–Trinajstić information content (AvgIpc) is 2.40. The minimum Gasteiger partial charge on any atom is -0.392 e. The number of aliphatic hydroxyl groups is 1. The summed E-state index contributed by atoms with van der Waals surface area (Å²) in [6, 6.07) is 0. The third-order valence-corrected chi connectivity index (χ3v) is 4.82. The Kier molecular flexibility index (Phi) is 5.30. The molecule has 2 unspecified atom stereocenters. The maximum absolute atomic E-state index is 10.3. The molecule has 2 atom stereocenters. The summed E-state index contributed by atoms with van der Waals surface area (Å²) in [7, 11) is 0. The lowest BCUT2D eigenvalue weighted by Crippen LogP contribution is -2.42. The van der Waals surface area contributed by atoms with Crippen LogP contribution in [0.2, 0.25) is 0 Å². The van der Waals surface area contributed by atoms with E-state index >= 15 is 0 Å². The van der Waals surface area contributed by atoms with Crippen LogP contribution in [-0.2, 0) is 0 Å². The van der Waals surface area contributed by atoms with E-state index in [0.717, 1.165) is 12.5 Å². The van der Waals surface area contributed by atoms with E-state index in [9.17, 15) is 5.11 Å². The zero-order valence-electron chi connectivity index (χ0n) is 11.4. The van der Waals surface area contributed by atoms with Gasteiger partial charge >= 0.3 is 0 Å². The topological polar surface area (TPSA) is 23.5 Å². The maximum atomic E-state index is 10.3. The van der Waals surface area contributed by atoms with Crippen LogP contribution in [0.3, 0.4) is 0 Å². The van der Waals surface area contributed by atoms with E-state index in [1.54, 1.807) is 0 Å². The molecule has 100 valence electrons. The van der Waals surface area contributed by atoms with Crippen molar-refractivity contribution < 1.29 is 5.11 Å². The van der Waals surface area contributed by atoms with E-state index in [-0.39, 0.29) is 6.10 Å². The maximum Gasteiger partial charge on any atom is 0.0695 e. The number of aliphatic hydroxyl groups excluding tert-OH is 1. The van der Waals surface area contributed by atoms with Crippen molar-refractivity contribution in [3.8, 4) is 0 Å². The average molecular weight is 239 g/mol. The van der Waals surface area contributed by atoms with E-state index in [1.807, 2.05) is 0 Å². The molecule has 1 saturated heterocycles. The lowest BCUT2D eigenvalue weighted by molar-refractivity contribution is 0.0333. The summed E-state index contributed by atoms with van der Waals surface area (Å²) in [6.45, 7) is 5.66. The van der Waals surface area contributed by atoms with Crippen LogP contribution in [0.1, 0.15) is 58.3 Å². The Balaban J connectivity index is 1.74. The summed E-state index contributed by atoms with van der Waals surface area (Å²) in [6.07, 6.45) is 10.5. The van der Waals surface area contributed by atoms with Gasteiger partial charge in [0.05, 0.1) is 6.10 Å². The fraction of sp³-hybridized carbons (Fsp3) is 1.00. The summed E-state index contributed by atoms with van der Waals surface area (Å²) < 4.78 is 0. The molecule has 2 fully saturated rings. The number of piperidine rings is 1. The van der Waals surface area contributed by atoms with E-state index in [1.165, 1.54) is 64.5 Å². The molecule has 0 aromatic heterocycles. The second-order valence-electron chi connectivity index (χ2n) is 6.14. The first-order valence-electron chi connectivity index (χ1n) is 7.70. The van der Waals surface area contributed by atoms with Gasteiger partial charge in [0.15, 0.2) is 0 Å². The van der Waals surface area contributed by atoms with Gasteiger partial charge in [0.2, 0.25) is 0 Å². The van der Waals surface area contributed by atoms with E-state index in [0.29, 0.717) is 5.92 Å². The quantitative estimate of drug-likeness (QED) is 0.815. The van der Waals surface area contributed by atoms with Crippen LogP contribution in [0.25, 0.3) is 0 Å². The summed E-state index contributed by atoms with van der Waals surface area (Å²) in [5, 5.41) is 10.3. The largest absolute Gasteiger partial charge is 0.392 e. The standard InChI is InChI=1S/C15H29NO/c1-2-13-7-6-10-16(11-13)12-15(17)14-8-4-3-5-9-14/h13-15,17H,2-12H2,1H3. The third-order valence-electron chi connectivity index (χ3n) is 4.82. The molecule has 2 rings (SSSR count). The van der Waals surface area contributed by atoms with Gasteiger partial charge in [0, 0.05) is 13.1 Å². The molecule has 1 saturated carbocycles. The molecular formula is C15H29NO. The summed E-state index contributed by atoms with van der Waals surface area (Å²) in [4.78, 5) is 2.51. The van der Waals surface area contributed by atoms with E-state index in [4.69, 9.17) is 0 Å². The first kappa shape index (κ1) is 13.4. The molecule has 17 heavy (non-hydrogen) atoms. The lowest BCUT2D eigenvalue weighted by atomic mass is 9.84. The van der Waals surface area contributed by atoms with Crippen LogP contribution in [-0.4, -0.2) is 35.7 Å². The van der Waals surface area contributed by atoms with Crippen molar-refractivity contribution in [2.24, 2.45) is 11.8 Å². The SMILES string of the molecule is CCC1CCCN(CC(O)C2CCCCC2)C1. The third kappa shape index (κ3) is 3.96. The molecule has 0 aromatic carbocycles. The van der Waals surface area contributed by atoms with Gasteiger partial charge < -0.3 is 10.0 Å². The molecule has 0 bridgehead atoms. The Morgan fingerprint density at radius 3 is 2.59 bits per heavy atom. The normalized spacial score (nSPS) is 30.4. The van der Waals surface area contributed by atoms with Gasteiger partial charge in [-0.3, -0.25) is 0 Å². The highest BCUT2D eigenvalue weighted by Crippen LogP contribution is 2.28. The molecule has 0 aromatic rings. The number of hydrogen-bond donors (Lipinski definition) is 1. The Morgan fingerprint density at radius 1 is 1.12 bits per heavy atom. The smallest absolute Gasteiger partial charge is 0.0695 e. The van der Waals surface area contributed by atoms with Crippen molar-refractivity contribution in [2.45, 2.75) is 64.4 Å². The number of nitrogens with zero attached hydrogens (tertiary/aromatic N) is 1. The number of rotatable bonds is 4. The summed E-state index contributed by atoms with van der Waals surface area (Å²) in [5.41, 5.74) is 0. The molecular weight excluding hydrogens is 210 g/mol. The van der Waals surface area contributed by atoms with Crippen LogP contribution in [0.5, 0.6) is 0 Å². The molecule has 2 heteroatoms. The highest BCUT2D eigenvalue weighted by atomic mass is 16.3. The van der Waals surface area contributed by atoms with Crippen molar-refractivity contribution in [2.75, 3.05) is 19.6 Å². The molecule has 0 radical (unpaired) electrons. The Morgan fingerprint density at radius 2 is 1.88 bits per heavy atom. The van der Waals surface area contributed by atoms with Gasteiger partial charge in [-0.05, 0) is 44.1 Å². The lowest BCUT2D eigenvalue weighted by Gasteiger charge is -2.36. The molecule has 1 N–H and O–H groups in total. The predicted octanol–water partition coefficient (Wildman–Crippen LogP) is 3.05. The molecule has 0 amide bonds. The minimum atomic E-state index is -0.0640.